The molecule has 1 aromatic heterocycles. The number of likely N-dealkylation sites (N-methyl/N-ethyl adjacent to an activating group) is 1. The van der Waals surface area contributed by atoms with E-state index < -0.39 is 5.97 Å². The molecule has 2 amide bonds. The molecule has 7 heteroatoms. The Morgan fingerprint density at radius 3 is 2.67 bits per heavy atom. The fraction of sp³-hybridized carbons (Fsp3) is 0.500. The van der Waals surface area contributed by atoms with Crippen LogP contribution in [0.1, 0.15) is 23.0 Å². The Labute approximate surface area is 123 Å². The molecule has 114 valence electrons. The van der Waals surface area contributed by atoms with E-state index in [9.17, 15) is 9.59 Å². The Kier molecular flexibility index (Phi) is 5.10. The summed E-state index contributed by atoms with van der Waals surface area (Å²) in [6.45, 7) is 6.53. The third kappa shape index (κ3) is 4.16. The Bertz CT molecular complexity index is 513. The number of carboxylic acid groups (broad SMARTS) is 1. The highest BCUT2D eigenvalue weighted by Gasteiger charge is 2.19. The lowest BCUT2D eigenvalue weighted by Crippen LogP contribution is -2.51. The number of carboxylic acids is 1. The van der Waals surface area contributed by atoms with E-state index in [1.54, 1.807) is 4.90 Å². The first kappa shape index (κ1) is 15.2. The molecular weight excluding hydrogens is 272 g/mol. The molecular formula is C14H20N4O3. The number of aromatic carboxylic acids is 1. The first-order chi connectivity index (χ1) is 10.1. The number of amides is 2. The van der Waals surface area contributed by atoms with Gasteiger partial charge in [0.1, 0.15) is 0 Å². The van der Waals surface area contributed by atoms with Crippen LogP contribution in [0.15, 0.2) is 18.3 Å². The maximum absolute atomic E-state index is 12.0. The topological polar surface area (TPSA) is 85.8 Å². The molecule has 0 unspecified atom stereocenters. The van der Waals surface area contributed by atoms with E-state index in [0.717, 1.165) is 19.6 Å². The number of carbonyl (C=O) groups excluding carboxylic acids is 1. The van der Waals surface area contributed by atoms with E-state index in [2.05, 4.69) is 22.1 Å². The van der Waals surface area contributed by atoms with Gasteiger partial charge in [0.2, 0.25) is 0 Å². The lowest BCUT2D eigenvalue weighted by Gasteiger charge is -2.33. The van der Waals surface area contributed by atoms with E-state index in [1.807, 2.05) is 0 Å². The fourth-order valence-electron chi connectivity index (χ4n) is 2.25. The standard InChI is InChI=1S/C14H20N4O3/c1-2-17-5-7-18(8-6-17)14(21)16-10-12-9-11(13(19)20)3-4-15-12/h3-4,9H,2,5-8,10H2,1H3,(H,16,21)(H,19,20). The molecule has 0 radical (unpaired) electrons. The summed E-state index contributed by atoms with van der Waals surface area (Å²) < 4.78 is 0. The van der Waals surface area contributed by atoms with Crippen molar-refractivity contribution in [2.24, 2.45) is 0 Å². The van der Waals surface area contributed by atoms with Gasteiger partial charge in [-0.15, -0.1) is 0 Å². The van der Waals surface area contributed by atoms with Crippen LogP contribution in [0.5, 0.6) is 0 Å². The lowest BCUT2D eigenvalue weighted by atomic mass is 10.2. The normalized spacial score (nSPS) is 15.8. The first-order valence-electron chi connectivity index (χ1n) is 7.03. The fourth-order valence-corrected chi connectivity index (χ4v) is 2.25. The summed E-state index contributed by atoms with van der Waals surface area (Å²) in [5.74, 6) is -0.999. The molecule has 2 N–H and O–H groups in total. The van der Waals surface area contributed by atoms with E-state index in [4.69, 9.17) is 5.11 Å². The highest BCUT2D eigenvalue weighted by Crippen LogP contribution is 2.04. The van der Waals surface area contributed by atoms with Gasteiger partial charge >= 0.3 is 12.0 Å². The number of nitrogens with zero attached hydrogens (tertiary/aromatic N) is 3. The molecule has 21 heavy (non-hydrogen) atoms. The summed E-state index contributed by atoms with van der Waals surface area (Å²) in [6.07, 6.45) is 1.44. The minimum Gasteiger partial charge on any atom is -0.478 e. The van der Waals surface area contributed by atoms with Gasteiger partial charge in [-0.2, -0.15) is 0 Å². The van der Waals surface area contributed by atoms with Gasteiger partial charge in [0.05, 0.1) is 17.8 Å². The second-order valence-corrected chi connectivity index (χ2v) is 4.92. The van der Waals surface area contributed by atoms with Crippen molar-refractivity contribution in [1.82, 2.24) is 20.1 Å². The van der Waals surface area contributed by atoms with Crippen molar-refractivity contribution in [3.05, 3.63) is 29.6 Å². The van der Waals surface area contributed by atoms with Gasteiger partial charge in [-0.3, -0.25) is 4.98 Å². The second kappa shape index (κ2) is 7.03. The molecule has 1 saturated heterocycles. The monoisotopic (exact) mass is 292 g/mol. The van der Waals surface area contributed by atoms with Crippen LogP contribution < -0.4 is 5.32 Å². The summed E-state index contributed by atoms with van der Waals surface area (Å²) in [4.78, 5) is 31.0. The molecule has 2 heterocycles. The number of piperazine rings is 1. The van der Waals surface area contributed by atoms with Crippen molar-refractivity contribution < 1.29 is 14.7 Å². The molecule has 0 aromatic carbocycles. The van der Waals surface area contributed by atoms with Crippen molar-refractivity contribution in [2.45, 2.75) is 13.5 Å². The summed E-state index contributed by atoms with van der Waals surface area (Å²) in [5, 5.41) is 11.7. The Balaban J connectivity index is 1.84. The predicted molar refractivity (Wildman–Crippen MR) is 77.1 cm³/mol. The molecule has 0 bridgehead atoms. The van der Waals surface area contributed by atoms with Crippen LogP contribution in [0.4, 0.5) is 4.79 Å². The maximum Gasteiger partial charge on any atom is 0.335 e. The highest BCUT2D eigenvalue weighted by molar-refractivity contribution is 5.87. The zero-order chi connectivity index (χ0) is 15.2. The van der Waals surface area contributed by atoms with Crippen molar-refractivity contribution in [1.29, 1.82) is 0 Å². The summed E-state index contributed by atoms with van der Waals surface area (Å²) in [5.41, 5.74) is 0.709. The average Bonchev–Trinajstić information content (AvgIpc) is 2.53. The van der Waals surface area contributed by atoms with Gasteiger partial charge in [0.15, 0.2) is 0 Å². The van der Waals surface area contributed by atoms with Gasteiger partial charge in [-0.25, -0.2) is 9.59 Å². The number of hydrogen-bond donors (Lipinski definition) is 2. The molecule has 1 aromatic rings. The minimum atomic E-state index is -0.999. The Morgan fingerprint density at radius 2 is 2.05 bits per heavy atom. The average molecular weight is 292 g/mol. The number of nitrogens with one attached hydrogen (secondary N) is 1. The van der Waals surface area contributed by atoms with E-state index in [1.165, 1.54) is 18.3 Å². The van der Waals surface area contributed by atoms with Gasteiger partial charge in [-0.05, 0) is 18.7 Å². The number of carbonyl (C=O) groups is 2. The Morgan fingerprint density at radius 1 is 1.33 bits per heavy atom. The first-order valence-corrected chi connectivity index (χ1v) is 7.03. The smallest absolute Gasteiger partial charge is 0.335 e. The quantitative estimate of drug-likeness (QED) is 0.850. The number of rotatable bonds is 4. The molecule has 1 fully saturated rings. The van der Waals surface area contributed by atoms with Gasteiger partial charge < -0.3 is 20.2 Å². The minimum absolute atomic E-state index is 0.131. The number of aromatic nitrogens is 1. The molecule has 7 nitrogen and oxygen atoms in total. The zero-order valence-corrected chi connectivity index (χ0v) is 12.1. The van der Waals surface area contributed by atoms with Crippen molar-refractivity contribution in [3.8, 4) is 0 Å². The van der Waals surface area contributed by atoms with Crippen LogP contribution in [-0.2, 0) is 6.54 Å². The molecule has 1 aliphatic rings. The number of pyridine rings is 1. The van der Waals surface area contributed by atoms with Crippen LogP contribution in [0.2, 0.25) is 0 Å². The molecule has 1 aliphatic heterocycles. The van der Waals surface area contributed by atoms with Crippen molar-refractivity contribution in [2.75, 3.05) is 32.7 Å². The highest BCUT2D eigenvalue weighted by atomic mass is 16.4. The molecule has 0 spiro atoms. The Hall–Kier alpha value is -2.15. The molecule has 2 rings (SSSR count). The van der Waals surface area contributed by atoms with Gasteiger partial charge in [0, 0.05) is 32.4 Å². The predicted octanol–water partition coefficient (Wildman–Crippen LogP) is 0.627. The van der Waals surface area contributed by atoms with Gasteiger partial charge in [-0.1, -0.05) is 6.92 Å². The van der Waals surface area contributed by atoms with Crippen LogP contribution >= 0.6 is 0 Å². The molecule has 0 aliphatic carbocycles. The summed E-state index contributed by atoms with van der Waals surface area (Å²) >= 11 is 0. The SMILES string of the molecule is CCN1CCN(C(=O)NCc2cc(C(=O)O)ccn2)CC1. The van der Waals surface area contributed by atoms with Crippen molar-refractivity contribution >= 4 is 12.0 Å². The van der Waals surface area contributed by atoms with E-state index >= 15 is 0 Å². The largest absolute Gasteiger partial charge is 0.478 e. The molecule has 0 atom stereocenters. The molecule has 0 saturated carbocycles. The second-order valence-electron chi connectivity index (χ2n) is 4.92. The lowest BCUT2D eigenvalue weighted by molar-refractivity contribution is 0.0696. The third-order valence-corrected chi connectivity index (χ3v) is 3.59. The van der Waals surface area contributed by atoms with E-state index in [-0.39, 0.29) is 18.1 Å². The van der Waals surface area contributed by atoms with E-state index in [0.29, 0.717) is 18.8 Å². The maximum atomic E-state index is 12.0. The zero-order valence-electron chi connectivity index (χ0n) is 12.1. The third-order valence-electron chi connectivity index (χ3n) is 3.59. The summed E-state index contributed by atoms with van der Waals surface area (Å²) in [7, 11) is 0. The van der Waals surface area contributed by atoms with Gasteiger partial charge in [0.25, 0.3) is 0 Å². The number of hydrogen-bond acceptors (Lipinski definition) is 4. The van der Waals surface area contributed by atoms with Crippen LogP contribution in [-0.4, -0.2) is 64.6 Å². The van der Waals surface area contributed by atoms with Crippen LogP contribution in [0, 0.1) is 0 Å². The summed E-state index contributed by atoms with van der Waals surface area (Å²) in [6, 6.07) is 2.77. The number of urea groups is 1. The van der Waals surface area contributed by atoms with Crippen LogP contribution in [0.25, 0.3) is 0 Å². The van der Waals surface area contributed by atoms with Crippen LogP contribution in [0.3, 0.4) is 0 Å². The van der Waals surface area contributed by atoms with Crippen molar-refractivity contribution in [3.63, 3.8) is 0 Å².